The molecule has 1 atom stereocenters. The fourth-order valence-electron chi connectivity index (χ4n) is 6.16. The van der Waals surface area contributed by atoms with Gasteiger partial charge < -0.3 is 0 Å². The van der Waals surface area contributed by atoms with Gasteiger partial charge in [-0.3, -0.25) is 0 Å². The third-order valence-corrected chi connectivity index (χ3v) is 9.01. The van der Waals surface area contributed by atoms with E-state index in [1.807, 2.05) is 0 Å². The summed E-state index contributed by atoms with van der Waals surface area (Å²) in [5, 5.41) is 0. The Balaban J connectivity index is 3.23. The Morgan fingerprint density at radius 1 is 0.243 bits per heavy atom. The molecule has 0 spiro atoms. The van der Waals surface area contributed by atoms with E-state index in [-0.39, 0.29) is 0 Å². The molecule has 0 heterocycles. The largest absolute Gasteiger partial charge is 0.0654 e. The molecule has 0 aromatic rings. The topological polar surface area (TPSA) is 0 Å². The zero-order chi connectivity index (χ0) is 26.9. The Kier molecular flexibility index (Phi) is 34.0. The standard InChI is InChI=1S/C37H76/c1-4-7-9-11-13-15-17-18-19-20-21-22-23-24-26-28-30-32-34-36-37(6-3)35-33-31-29-27-25-16-14-12-10-8-5-2/h37H,4-36H2,1-3H3. The summed E-state index contributed by atoms with van der Waals surface area (Å²) in [7, 11) is 0. The second-order valence-corrected chi connectivity index (χ2v) is 12.8. The molecule has 0 radical (unpaired) electrons. The number of hydrogen-bond acceptors (Lipinski definition) is 0. The predicted molar refractivity (Wildman–Crippen MR) is 173 cm³/mol. The van der Waals surface area contributed by atoms with Crippen LogP contribution in [0.1, 0.15) is 233 Å². The maximum absolute atomic E-state index is 2.43. The first kappa shape index (κ1) is 37.0. The van der Waals surface area contributed by atoms with Crippen LogP contribution in [0.4, 0.5) is 0 Å². The third-order valence-electron chi connectivity index (χ3n) is 9.01. The molecule has 0 saturated carbocycles. The molecule has 0 bridgehead atoms. The second kappa shape index (κ2) is 34.0. The van der Waals surface area contributed by atoms with Crippen molar-refractivity contribution in [2.45, 2.75) is 233 Å². The summed E-state index contributed by atoms with van der Waals surface area (Å²) in [6.45, 7) is 7.05. The molecule has 0 aliphatic rings. The Bertz CT molecular complexity index is 372. The van der Waals surface area contributed by atoms with Gasteiger partial charge in [-0.05, 0) is 5.92 Å². The van der Waals surface area contributed by atoms with Crippen LogP contribution >= 0.6 is 0 Å². The molecule has 0 fully saturated rings. The zero-order valence-electron chi connectivity index (χ0n) is 26.9. The van der Waals surface area contributed by atoms with E-state index in [1.165, 1.54) is 212 Å². The van der Waals surface area contributed by atoms with E-state index >= 15 is 0 Å². The van der Waals surface area contributed by atoms with Gasteiger partial charge in [-0.1, -0.05) is 233 Å². The minimum atomic E-state index is 1.02. The molecule has 0 aromatic carbocycles. The molecule has 0 N–H and O–H groups in total. The van der Waals surface area contributed by atoms with Crippen LogP contribution in [0.3, 0.4) is 0 Å². The first-order valence-corrected chi connectivity index (χ1v) is 18.3. The highest BCUT2D eigenvalue weighted by Gasteiger charge is 2.06. The van der Waals surface area contributed by atoms with Gasteiger partial charge in [-0.2, -0.15) is 0 Å². The van der Waals surface area contributed by atoms with Gasteiger partial charge in [0, 0.05) is 0 Å². The fourth-order valence-corrected chi connectivity index (χ4v) is 6.16. The molecule has 0 aliphatic carbocycles. The summed E-state index contributed by atoms with van der Waals surface area (Å²) in [6, 6.07) is 0. The Morgan fingerprint density at radius 2 is 0.432 bits per heavy atom. The molecule has 37 heavy (non-hydrogen) atoms. The average Bonchev–Trinajstić information content (AvgIpc) is 2.91. The molecule has 0 aromatic heterocycles. The average molecular weight is 521 g/mol. The van der Waals surface area contributed by atoms with Crippen molar-refractivity contribution in [3.05, 3.63) is 0 Å². The molecule has 0 rings (SSSR count). The van der Waals surface area contributed by atoms with E-state index < -0.39 is 0 Å². The van der Waals surface area contributed by atoms with Crippen molar-refractivity contribution in [1.82, 2.24) is 0 Å². The highest BCUT2D eigenvalue weighted by molar-refractivity contribution is 4.59. The van der Waals surface area contributed by atoms with Crippen LogP contribution in [0.2, 0.25) is 0 Å². The maximum atomic E-state index is 2.43. The van der Waals surface area contributed by atoms with Gasteiger partial charge in [0.15, 0.2) is 0 Å². The number of hydrogen-bond donors (Lipinski definition) is 0. The van der Waals surface area contributed by atoms with Gasteiger partial charge in [0.05, 0.1) is 0 Å². The van der Waals surface area contributed by atoms with Crippen LogP contribution < -0.4 is 0 Å². The Labute approximate surface area is 238 Å². The summed E-state index contributed by atoms with van der Waals surface area (Å²) in [5.41, 5.74) is 0. The summed E-state index contributed by atoms with van der Waals surface area (Å²) >= 11 is 0. The van der Waals surface area contributed by atoms with Gasteiger partial charge in [0.25, 0.3) is 0 Å². The molecule has 0 nitrogen and oxygen atoms in total. The minimum absolute atomic E-state index is 1.02. The summed E-state index contributed by atoms with van der Waals surface area (Å²) < 4.78 is 0. The zero-order valence-corrected chi connectivity index (χ0v) is 26.9. The van der Waals surface area contributed by atoms with Crippen LogP contribution in [-0.2, 0) is 0 Å². The van der Waals surface area contributed by atoms with Crippen molar-refractivity contribution in [2.75, 3.05) is 0 Å². The lowest BCUT2D eigenvalue weighted by atomic mass is 9.92. The molecule has 224 valence electrons. The first-order valence-electron chi connectivity index (χ1n) is 18.3. The molecule has 0 aliphatic heterocycles. The highest BCUT2D eigenvalue weighted by atomic mass is 14.1. The van der Waals surface area contributed by atoms with Crippen LogP contribution in [0.15, 0.2) is 0 Å². The first-order chi connectivity index (χ1) is 18.3. The van der Waals surface area contributed by atoms with Gasteiger partial charge in [0.2, 0.25) is 0 Å². The molecular formula is C37H76. The maximum Gasteiger partial charge on any atom is -0.0417 e. The number of rotatable bonds is 33. The second-order valence-electron chi connectivity index (χ2n) is 12.8. The van der Waals surface area contributed by atoms with E-state index in [2.05, 4.69) is 20.8 Å². The van der Waals surface area contributed by atoms with Crippen molar-refractivity contribution in [2.24, 2.45) is 5.92 Å². The van der Waals surface area contributed by atoms with E-state index in [9.17, 15) is 0 Å². The Hall–Kier alpha value is 0. The van der Waals surface area contributed by atoms with Gasteiger partial charge in [-0.15, -0.1) is 0 Å². The van der Waals surface area contributed by atoms with Gasteiger partial charge in [-0.25, -0.2) is 0 Å². The van der Waals surface area contributed by atoms with E-state index in [4.69, 9.17) is 0 Å². The van der Waals surface area contributed by atoms with Crippen molar-refractivity contribution in [3.8, 4) is 0 Å². The quantitative estimate of drug-likeness (QED) is 0.0754. The lowest BCUT2D eigenvalue weighted by molar-refractivity contribution is 0.392. The predicted octanol–water partition coefficient (Wildman–Crippen LogP) is 14.5. The minimum Gasteiger partial charge on any atom is -0.0654 e. The monoisotopic (exact) mass is 521 g/mol. The summed E-state index contributed by atoms with van der Waals surface area (Å²) in [5.74, 6) is 1.02. The number of unbranched alkanes of at least 4 members (excludes halogenated alkanes) is 28. The van der Waals surface area contributed by atoms with Crippen LogP contribution in [0, 0.1) is 5.92 Å². The summed E-state index contributed by atoms with van der Waals surface area (Å²) in [4.78, 5) is 0. The van der Waals surface area contributed by atoms with Crippen molar-refractivity contribution in [3.63, 3.8) is 0 Å². The van der Waals surface area contributed by atoms with E-state index in [1.54, 1.807) is 0 Å². The normalized spacial score (nSPS) is 12.4. The SMILES string of the molecule is CCCCCCCCCCCCCCCCCCCCCC(CC)CCCCCCCCCCCCC. The highest BCUT2D eigenvalue weighted by Crippen LogP contribution is 2.22. The fraction of sp³-hybridized carbons (Fsp3) is 1.00. The third kappa shape index (κ3) is 32.1. The molecule has 1 unspecified atom stereocenters. The smallest absolute Gasteiger partial charge is 0.0417 e. The van der Waals surface area contributed by atoms with Gasteiger partial charge in [0.1, 0.15) is 0 Å². The van der Waals surface area contributed by atoms with Crippen molar-refractivity contribution >= 4 is 0 Å². The Morgan fingerprint density at radius 3 is 0.622 bits per heavy atom. The lowest BCUT2D eigenvalue weighted by Gasteiger charge is -2.14. The van der Waals surface area contributed by atoms with Crippen LogP contribution in [0.25, 0.3) is 0 Å². The van der Waals surface area contributed by atoms with Crippen LogP contribution in [-0.4, -0.2) is 0 Å². The molecule has 0 heteroatoms. The van der Waals surface area contributed by atoms with Crippen LogP contribution in [0.5, 0.6) is 0 Å². The van der Waals surface area contributed by atoms with E-state index in [0.29, 0.717) is 0 Å². The van der Waals surface area contributed by atoms with Crippen molar-refractivity contribution < 1.29 is 0 Å². The van der Waals surface area contributed by atoms with Crippen molar-refractivity contribution in [1.29, 1.82) is 0 Å². The summed E-state index contributed by atoms with van der Waals surface area (Å²) in [6.07, 6.45) is 48.8. The van der Waals surface area contributed by atoms with Gasteiger partial charge >= 0.3 is 0 Å². The molecule has 0 saturated heterocycles. The van der Waals surface area contributed by atoms with E-state index in [0.717, 1.165) is 5.92 Å². The lowest BCUT2D eigenvalue weighted by Crippen LogP contribution is -1.99. The molecule has 0 amide bonds. The molecular weight excluding hydrogens is 444 g/mol.